The Balaban J connectivity index is 0.00000225. The molecule has 1 aromatic carbocycles. The topological polar surface area (TPSA) is 70.2 Å². The number of halogens is 1. The van der Waals surface area contributed by atoms with E-state index in [2.05, 4.69) is 28.1 Å². The van der Waals surface area contributed by atoms with E-state index in [-0.39, 0.29) is 30.3 Å². The molecule has 25 heavy (non-hydrogen) atoms. The van der Waals surface area contributed by atoms with E-state index in [4.69, 9.17) is 0 Å². The zero-order valence-electron chi connectivity index (χ0n) is 14.0. The van der Waals surface area contributed by atoms with Crippen molar-refractivity contribution in [2.75, 3.05) is 13.1 Å². The highest BCUT2D eigenvalue weighted by Crippen LogP contribution is 2.21. The summed E-state index contributed by atoms with van der Waals surface area (Å²) in [6.07, 6.45) is 1.01. The van der Waals surface area contributed by atoms with E-state index in [1.807, 2.05) is 23.6 Å². The molecule has 0 fully saturated rings. The van der Waals surface area contributed by atoms with Crippen molar-refractivity contribution in [2.45, 2.75) is 25.4 Å². The summed E-state index contributed by atoms with van der Waals surface area (Å²) in [4.78, 5) is 24.9. The first-order valence-corrected chi connectivity index (χ1v) is 8.96. The van der Waals surface area contributed by atoms with Gasteiger partial charge in [-0.05, 0) is 42.5 Å². The zero-order chi connectivity index (χ0) is 16.9. The van der Waals surface area contributed by atoms with Crippen molar-refractivity contribution in [3.8, 4) is 0 Å². The zero-order valence-corrected chi connectivity index (χ0v) is 15.6. The minimum Gasteiger partial charge on any atom is -0.352 e. The van der Waals surface area contributed by atoms with Crippen LogP contribution in [0.2, 0.25) is 0 Å². The second-order valence-corrected chi connectivity index (χ2v) is 6.82. The molecular formula is C18H22ClN3O2S. The Kier molecular flexibility index (Phi) is 6.99. The van der Waals surface area contributed by atoms with Crippen molar-refractivity contribution in [1.82, 2.24) is 16.0 Å². The van der Waals surface area contributed by atoms with E-state index in [1.54, 1.807) is 13.0 Å². The van der Waals surface area contributed by atoms with E-state index in [0.717, 1.165) is 13.0 Å². The maximum absolute atomic E-state index is 12.3. The number of benzene rings is 1. The van der Waals surface area contributed by atoms with Gasteiger partial charge in [-0.25, -0.2) is 0 Å². The lowest BCUT2D eigenvalue weighted by atomic mass is 9.94. The second kappa shape index (κ2) is 8.99. The van der Waals surface area contributed by atoms with Gasteiger partial charge in [0.2, 0.25) is 5.91 Å². The van der Waals surface area contributed by atoms with Gasteiger partial charge in [0.05, 0.1) is 4.88 Å². The number of amides is 2. The van der Waals surface area contributed by atoms with Gasteiger partial charge in [0.1, 0.15) is 6.04 Å². The molecule has 0 bridgehead atoms. The monoisotopic (exact) mass is 379 g/mol. The number of fused-ring (bicyclic) bond motifs is 1. The van der Waals surface area contributed by atoms with Gasteiger partial charge in [-0.3, -0.25) is 9.59 Å². The van der Waals surface area contributed by atoms with Gasteiger partial charge in [-0.2, -0.15) is 0 Å². The van der Waals surface area contributed by atoms with Crippen molar-refractivity contribution >= 4 is 35.6 Å². The van der Waals surface area contributed by atoms with Gasteiger partial charge in [0, 0.05) is 12.6 Å². The van der Waals surface area contributed by atoms with Crippen LogP contribution >= 0.6 is 23.7 Å². The first-order chi connectivity index (χ1) is 11.6. The van der Waals surface area contributed by atoms with E-state index in [9.17, 15) is 9.59 Å². The summed E-state index contributed by atoms with van der Waals surface area (Å²) in [5.74, 6) is -0.390. The van der Waals surface area contributed by atoms with Gasteiger partial charge in [0.25, 0.3) is 5.91 Å². The standard InChI is InChI=1S/C18H21N3O2S.ClH/c1-12(21-18(23)16-7-4-10-24-16)17(22)20-11-15-14-6-3-2-5-13(14)8-9-19-15;/h2-7,10,12,15,19H,8-9,11H2,1H3,(H,20,22)(H,21,23);1H. The van der Waals surface area contributed by atoms with Crippen molar-refractivity contribution in [1.29, 1.82) is 0 Å². The van der Waals surface area contributed by atoms with Crippen LogP contribution in [0.3, 0.4) is 0 Å². The summed E-state index contributed by atoms with van der Waals surface area (Å²) in [5.41, 5.74) is 2.56. The van der Waals surface area contributed by atoms with Gasteiger partial charge in [-0.15, -0.1) is 23.7 Å². The third kappa shape index (κ3) is 4.81. The van der Waals surface area contributed by atoms with E-state index in [0.29, 0.717) is 11.4 Å². The summed E-state index contributed by atoms with van der Waals surface area (Å²) in [6.45, 7) is 3.11. The minimum absolute atomic E-state index is 0. The fraction of sp³-hybridized carbons (Fsp3) is 0.333. The van der Waals surface area contributed by atoms with Gasteiger partial charge >= 0.3 is 0 Å². The summed E-state index contributed by atoms with van der Waals surface area (Å²) in [6, 6.07) is 11.4. The van der Waals surface area contributed by atoms with Crippen molar-refractivity contribution in [2.24, 2.45) is 0 Å². The number of thiophene rings is 1. The lowest BCUT2D eigenvalue weighted by Crippen LogP contribution is -2.47. The van der Waals surface area contributed by atoms with Crippen LogP contribution in [0.15, 0.2) is 41.8 Å². The van der Waals surface area contributed by atoms with Gasteiger partial charge in [0.15, 0.2) is 0 Å². The Labute approximate surface area is 157 Å². The molecule has 0 spiro atoms. The average Bonchev–Trinajstić information content (AvgIpc) is 3.14. The Bertz CT molecular complexity index is 721. The molecule has 134 valence electrons. The molecule has 3 rings (SSSR count). The molecular weight excluding hydrogens is 358 g/mol. The van der Waals surface area contributed by atoms with E-state index < -0.39 is 6.04 Å². The normalized spacial score (nSPS) is 16.9. The molecule has 0 radical (unpaired) electrons. The second-order valence-electron chi connectivity index (χ2n) is 5.87. The van der Waals surface area contributed by atoms with Crippen LogP contribution in [0.25, 0.3) is 0 Å². The fourth-order valence-electron chi connectivity index (χ4n) is 2.87. The number of carbonyl (C=O) groups is 2. The molecule has 2 amide bonds. The predicted octanol–water partition coefficient (Wildman–Crippen LogP) is 2.29. The summed E-state index contributed by atoms with van der Waals surface area (Å²) < 4.78 is 0. The van der Waals surface area contributed by atoms with Gasteiger partial charge in [-0.1, -0.05) is 30.3 Å². The highest BCUT2D eigenvalue weighted by molar-refractivity contribution is 7.12. The Morgan fingerprint density at radius 2 is 2.08 bits per heavy atom. The van der Waals surface area contributed by atoms with Crippen LogP contribution in [-0.4, -0.2) is 30.9 Å². The fourth-order valence-corrected chi connectivity index (χ4v) is 3.50. The van der Waals surface area contributed by atoms with E-state index in [1.165, 1.54) is 22.5 Å². The molecule has 0 aliphatic carbocycles. The van der Waals surface area contributed by atoms with Crippen LogP contribution < -0.4 is 16.0 Å². The lowest BCUT2D eigenvalue weighted by molar-refractivity contribution is -0.122. The van der Waals surface area contributed by atoms with E-state index >= 15 is 0 Å². The molecule has 0 saturated heterocycles. The summed E-state index contributed by atoms with van der Waals surface area (Å²) >= 11 is 1.36. The largest absolute Gasteiger partial charge is 0.352 e. The Morgan fingerprint density at radius 1 is 1.28 bits per heavy atom. The number of rotatable bonds is 5. The molecule has 2 unspecified atom stereocenters. The lowest BCUT2D eigenvalue weighted by Gasteiger charge is -2.27. The molecule has 7 heteroatoms. The first kappa shape index (κ1) is 19.4. The maximum Gasteiger partial charge on any atom is 0.261 e. The predicted molar refractivity (Wildman–Crippen MR) is 102 cm³/mol. The Hall–Kier alpha value is -1.89. The van der Waals surface area contributed by atoms with Crippen LogP contribution in [0.4, 0.5) is 0 Å². The third-order valence-corrected chi connectivity index (χ3v) is 5.05. The SMILES string of the molecule is CC(NC(=O)c1cccs1)C(=O)NCC1NCCc2ccccc21.Cl. The van der Waals surface area contributed by atoms with Crippen LogP contribution in [0, 0.1) is 0 Å². The molecule has 2 heterocycles. The number of carbonyl (C=O) groups excluding carboxylic acids is 2. The molecule has 2 atom stereocenters. The van der Waals surface area contributed by atoms with Crippen molar-refractivity contribution in [3.05, 3.63) is 57.8 Å². The van der Waals surface area contributed by atoms with Crippen molar-refractivity contribution in [3.63, 3.8) is 0 Å². The minimum atomic E-state index is -0.571. The first-order valence-electron chi connectivity index (χ1n) is 8.08. The van der Waals surface area contributed by atoms with Crippen LogP contribution in [0.1, 0.15) is 33.8 Å². The quantitative estimate of drug-likeness (QED) is 0.746. The molecule has 5 nitrogen and oxygen atoms in total. The molecule has 0 saturated carbocycles. The smallest absolute Gasteiger partial charge is 0.261 e. The summed E-state index contributed by atoms with van der Waals surface area (Å²) in [7, 11) is 0. The number of hydrogen-bond donors (Lipinski definition) is 3. The average molecular weight is 380 g/mol. The van der Waals surface area contributed by atoms with Crippen LogP contribution in [-0.2, 0) is 11.2 Å². The van der Waals surface area contributed by atoms with Gasteiger partial charge < -0.3 is 16.0 Å². The molecule has 1 aliphatic heterocycles. The summed E-state index contributed by atoms with van der Waals surface area (Å²) in [5, 5.41) is 10.9. The highest BCUT2D eigenvalue weighted by atomic mass is 35.5. The molecule has 1 aromatic heterocycles. The molecule has 2 aromatic rings. The maximum atomic E-state index is 12.3. The Morgan fingerprint density at radius 3 is 2.84 bits per heavy atom. The number of hydrogen-bond acceptors (Lipinski definition) is 4. The van der Waals surface area contributed by atoms with Crippen LogP contribution in [0.5, 0.6) is 0 Å². The highest BCUT2D eigenvalue weighted by Gasteiger charge is 2.22. The third-order valence-electron chi connectivity index (χ3n) is 4.18. The molecule has 3 N–H and O–H groups in total. The van der Waals surface area contributed by atoms with Crippen molar-refractivity contribution < 1.29 is 9.59 Å². The molecule has 1 aliphatic rings. The number of nitrogens with one attached hydrogen (secondary N) is 3.